The van der Waals surface area contributed by atoms with Gasteiger partial charge in [-0.3, -0.25) is 4.79 Å². The molecule has 0 heterocycles. The fourth-order valence-electron chi connectivity index (χ4n) is 2.35. The molecule has 0 saturated heterocycles. The lowest BCUT2D eigenvalue weighted by Gasteiger charge is -2.08. The molecule has 0 N–H and O–H groups in total. The molecular weight excluding hydrogens is 251 g/mol. The van der Waals surface area contributed by atoms with Crippen LogP contribution in [0.1, 0.15) is 40.9 Å². The molecule has 2 rings (SSSR count). The van der Waals surface area contributed by atoms with E-state index in [0.717, 1.165) is 12.0 Å². The first-order valence-corrected chi connectivity index (χ1v) is 6.87. The number of carbonyl (C=O) groups is 1. The van der Waals surface area contributed by atoms with Crippen LogP contribution in [0.25, 0.3) is 0 Å². The van der Waals surface area contributed by atoms with Crippen molar-refractivity contribution in [2.75, 3.05) is 0 Å². The second kappa shape index (κ2) is 6.00. The molecular formula is C18H19FO. The van der Waals surface area contributed by atoms with Crippen molar-refractivity contribution in [3.05, 3.63) is 70.5 Å². The number of hydrogen-bond donors (Lipinski definition) is 0. The number of halogens is 1. The molecule has 0 spiro atoms. The van der Waals surface area contributed by atoms with Crippen LogP contribution < -0.4 is 0 Å². The molecule has 0 saturated carbocycles. The molecule has 1 nitrogen and oxygen atoms in total. The van der Waals surface area contributed by atoms with Gasteiger partial charge >= 0.3 is 0 Å². The van der Waals surface area contributed by atoms with Crippen LogP contribution in [-0.2, 0) is 6.42 Å². The molecule has 0 aliphatic rings. The Labute approximate surface area is 119 Å². The third-order valence-corrected chi connectivity index (χ3v) is 3.27. The van der Waals surface area contributed by atoms with Gasteiger partial charge in [0.25, 0.3) is 0 Å². The Hall–Kier alpha value is -1.96. The van der Waals surface area contributed by atoms with Gasteiger partial charge in [0, 0.05) is 11.1 Å². The Morgan fingerprint density at radius 2 is 1.90 bits per heavy atom. The van der Waals surface area contributed by atoms with Crippen molar-refractivity contribution in [1.82, 2.24) is 0 Å². The summed E-state index contributed by atoms with van der Waals surface area (Å²) in [5.74, 6) is 0.189. The van der Waals surface area contributed by atoms with E-state index < -0.39 is 0 Å². The Morgan fingerprint density at radius 3 is 2.55 bits per heavy atom. The van der Waals surface area contributed by atoms with Gasteiger partial charge in [-0.2, -0.15) is 0 Å². The summed E-state index contributed by atoms with van der Waals surface area (Å²) in [5.41, 5.74) is 3.06. The largest absolute Gasteiger partial charge is 0.289 e. The van der Waals surface area contributed by atoms with E-state index in [2.05, 4.69) is 13.8 Å². The molecule has 104 valence electrons. The number of rotatable bonds is 4. The molecule has 0 bridgehead atoms. The van der Waals surface area contributed by atoms with Crippen LogP contribution in [0.5, 0.6) is 0 Å². The van der Waals surface area contributed by atoms with Crippen LogP contribution in [0.3, 0.4) is 0 Å². The van der Waals surface area contributed by atoms with Gasteiger partial charge in [-0.15, -0.1) is 0 Å². The average molecular weight is 270 g/mol. The van der Waals surface area contributed by atoms with Gasteiger partial charge in [0.1, 0.15) is 5.82 Å². The Morgan fingerprint density at radius 1 is 1.15 bits per heavy atom. The van der Waals surface area contributed by atoms with Crippen molar-refractivity contribution in [3.8, 4) is 0 Å². The van der Waals surface area contributed by atoms with E-state index in [1.807, 2.05) is 24.3 Å². The van der Waals surface area contributed by atoms with Gasteiger partial charge in [-0.05, 0) is 54.7 Å². The first-order valence-electron chi connectivity index (χ1n) is 6.87. The Balaban J connectivity index is 2.33. The van der Waals surface area contributed by atoms with Crippen molar-refractivity contribution < 1.29 is 9.18 Å². The van der Waals surface area contributed by atoms with Gasteiger partial charge in [-0.25, -0.2) is 4.39 Å². The minimum Gasteiger partial charge on any atom is -0.289 e. The summed E-state index contributed by atoms with van der Waals surface area (Å²) < 4.78 is 13.1. The molecule has 2 aromatic carbocycles. The molecule has 0 amide bonds. The zero-order valence-electron chi connectivity index (χ0n) is 12.1. The molecule has 20 heavy (non-hydrogen) atoms. The normalized spacial score (nSPS) is 10.8. The van der Waals surface area contributed by atoms with Crippen LogP contribution >= 0.6 is 0 Å². The zero-order valence-corrected chi connectivity index (χ0v) is 12.1. The molecule has 0 aromatic heterocycles. The van der Waals surface area contributed by atoms with Gasteiger partial charge in [0.05, 0.1) is 0 Å². The van der Waals surface area contributed by atoms with Crippen LogP contribution in [-0.4, -0.2) is 5.78 Å². The Bertz CT molecular complexity index is 629. The molecule has 0 radical (unpaired) electrons. The summed E-state index contributed by atoms with van der Waals surface area (Å²) in [5, 5.41) is 0. The quantitative estimate of drug-likeness (QED) is 0.744. The maximum absolute atomic E-state index is 13.1. The van der Waals surface area contributed by atoms with Crippen molar-refractivity contribution in [3.63, 3.8) is 0 Å². The number of benzene rings is 2. The fraction of sp³-hybridized carbons (Fsp3) is 0.278. The monoisotopic (exact) mass is 270 g/mol. The van der Waals surface area contributed by atoms with Crippen LogP contribution in [0.15, 0.2) is 42.5 Å². The van der Waals surface area contributed by atoms with Crippen molar-refractivity contribution >= 4 is 5.78 Å². The molecule has 0 aliphatic carbocycles. The molecule has 0 atom stereocenters. The predicted molar refractivity (Wildman–Crippen MR) is 79.6 cm³/mol. The van der Waals surface area contributed by atoms with Crippen LogP contribution in [0.2, 0.25) is 0 Å². The van der Waals surface area contributed by atoms with E-state index in [4.69, 9.17) is 0 Å². The maximum atomic E-state index is 13.1. The lowest BCUT2D eigenvalue weighted by atomic mass is 9.95. The first kappa shape index (κ1) is 14.4. The van der Waals surface area contributed by atoms with E-state index >= 15 is 0 Å². The average Bonchev–Trinajstić information content (AvgIpc) is 2.37. The summed E-state index contributed by atoms with van der Waals surface area (Å²) in [6.45, 7) is 6.06. The standard InChI is InChI=1S/C18H19FO/c1-12(2)9-14-5-4-6-15(11-14)18(20)17-8-7-16(19)10-13(17)3/h4-8,10-12H,9H2,1-3H3. The molecule has 0 unspecified atom stereocenters. The highest BCUT2D eigenvalue weighted by Gasteiger charge is 2.12. The zero-order chi connectivity index (χ0) is 14.7. The summed E-state index contributed by atoms with van der Waals surface area (Å²) in [4.78, 5) is 12.5. The lowest BCUT2D eigenvalue weighted by Crippen LogP contribution is -2.05. The minimum absolute atomic E-state index is 0.0480. The van der Waals surface area contributed by atoms with Gasteiger partial charge in [0.2, 0.25) is 0 Å². The van der Waals surface area contributed by atoms with E-state index in [0.29, 0.717) is 22.6 Å². The lowest BCUT2D eigenvalue weighted by molar-refractivity contribution is 0.103. The number of aryl methyl sites for hydroxylation is 1. The SMILES string of the molecule is Cc1cc(F)ccc1C(=O)c1cccc(CC(C)C)c1. The number of hydrogen-bond acceptors (Lipinski definition) is 1. The fourth-order valence-corrected chi connectivity index (χ4v) is 2.35. The Kier molecular flexibility index (Phi) is 4.33. The predicted octanol–water partition coefficient (Wildman–Crippen LogP) is 4.56. The number of ketones is 1. The van der Waals surface area contributed by atoms with Crippen LogP contribution in [0, 0.1) is 18.7 Å². The highest BCUT2D eigenvalue weighted by atomic mass is 19.1. The molecule has 0 fully saturated rings. The van der Waals surface area contributed by atoms with Crippen molar-refractivity contribution in [2.45, 2.75) is 27.2 Å². The second-order valence-electron chi connectivity index (χ2n) is 5.59. The highest BCUT2D eigenvalue weighted by molar-refractivity contribution is 6.09. The maximum Gasteiger partial charge on any atom is 0.193 e. The van der Waals surface area contributed by atoms with Crippen molar-refractivity contribution in [2.24, 2.45) is 5.92 Å². The van der Waals surface area contributed by atoms with Crippen LogP contribution in [0.4, 0.5) is 4.39 Å². The minimum atomic E-state index is -0.312. The summed E-state index contributed by atoms with van der Waals surface area (Å²) in [6, 6.07) is 12.0. The van der Waals surface area contributed by atoms with E-state index in [1.54, 1.807) is 13.0 Å². The third-order valence-electron chi connectivity index (χ3n) is 3.27. The first-order chi connectivity index (χ1) is 9.47. The smallest absolute Gasteiger partial charge is 0.193 e. The topological polar surface area (TPSA) is 17.1 Å². The summed E-state index contributed by atoms with van der Waals surface area (Å²) in [6.07, 6.45) is 0.948. The van der Waals surface area contributed by atoms with E-state index in [9.17, 15) is 9.18 Å². The molecule has 0 aliphatic heterocycles. The van der Waals surface area contributed by atoms with Gasteiger partial charge in [0.15, 0.2) is 5.78 Å². The van der Waals surface area contributed by atoms with E-state index in [-0.39, 0.29) is 11.6 Å². The van der Waals surface area contributed by atoms with Gasteiger partial charge < -0.3 is 0 Å². The van der Waals surface area contributed by atoms with Crippen molar-refractivity contribution in [1.29, 1.82) is 0 Å². The summed E-state index contributed by atoms with van der Waals surface area (Å²) in [7, 11) is 0. The highest BCUT2D eigenvalue weighted by Crippen LogP contribution is 2.17. The summed E-state index contributed by atoms with van der Waals surface area (Å²) >= 11 is 0. The number of carbonyl (C=O) groups excluding carboxylic acids is 1. The third kappa shape index (κ3) is 3.32. The molecule has 2 aromatic rings. The second-order valence-corrected chi connectivity index (χ2v) is 5.59. The van der Waals surface area contributed by atoms with Gasteiger partial charge in [-0.1, -0.05) is 32.0 Å². The molecule has 2 heteroatoms. The van der Waals surface area contributed by atoms with E-state index in [1.165, 1.54) is 12.1 Å².